The third-order valence-electron chi connectivity index (χ3n) is 1.44. The van der Waals surface area contributed by atoms with Gasteiger partial charge in [0.05, 0.1) is 11.1 Å². The normalized spacial score (nSPS) is 11.3. The second-order valence-corrected chi connectivity index (χ2v) is 3.43. The van der Waals surface area contributed by atoms with E-state index in [2.05, 4.69) is 20.7 Å². The summed E-state index contributed by atoms with van der Waals surface area (Å²) in [4.78, 5) is 0. The minimum absolute atomic E-state index is 0.225. The molecule has 1 aromatic rings. The predicted octanol–water partition coefficient (Wildman–Crippen LogP) is 3.75. The molecule has 0 radical (unpaired) electrons. The Morgan fingerprint density at radius 2 is 2.00 bits per heavy atom. The fourth-order valence-electron chi connectivity index (χ4n) is 0.943. The molecule has 1 aromatic carbocycles. The van der Waals surface area contributed by atoms with Crippen molar-refractivity contribution in [1.82, 2.24) is 0 Å². The summed E-state index contributed by atoms with van der Waals surface area (Å²) in [7, 11) is 0. The van der Waals surface area contributed by atoms with Crippen LogP contribution < -0.4 is 9.47 Å². The van der Waals surface area contributed by atoms with Gasteiger partial charge in [-0.05, 0) is 35.0 Å². The molecule has 0 heterocycles. The van der Waals surface area contributed by atoms with Gasteiger partial charge < -0.3 is 9.47 Å². The molecule has 0 aromatic heterocycles. The molecule has 0 aliphatic rings. The summed E-state index contributed by atoms with van der Waals surface area (Å²) in [5, 5.41) is 0. The van der Waals surface area contributed by atoms with Crippen molar-refractivity contribution in [2.24, 2.45) is 0 Å². The minimum Gasteiger partial charge on any atom is -0.494 e. The number of ether oxygens (including phenoxy) is 2. The summed E-state index contributed by atoms with van der Waals surface area (Å²) in [5.74, 6) is 0.0217. The topological polar surface area (TPSA) is 18.5 Å². The third-order valence-corrected chi connectivity index (χ3v) is 2.09. The third kappa shape index (κ3) is 3.99. The van der Waals surface area contributed by atoms with Crippen molar-refractivity contribution in [3.05, 3.63) is 22.7 Å². The van der Waals surface area contributed by atoms with E-state index in [0.29, 0.717) is 12.4 Å². The average Bonchev–Trinajstić information content (AvgIpc) is 2.09. The van der Waals surface area contributed by atoms with Crippen LogP contribution in [0.1, 0.15) is 6.92 Å². The van der Waals surface area contributed by atoms with Crippen molar-refractivity contribution in [1.29, 1.82) is 0 Å². The highest BCUT2D eigenvalue weighted by atomic mass is 79.9. The van der Waals surface area contributed by atoms with Gasteiger partial charge in [-0.2, -0.15) is 0 Å². The van der Waals surface area contributed by atoms with Crippen LogP contribution in [0.2, 0.25) is 0 Å². The first-order chi connectivity index (χ1) is 6.92. The maximum absolute atomic E-state index is 12.0. The molecule has 2 nitrogen and oxygen atoms in total. The SMILES string of the molecule is CCOc1ccc(Br)c(OC(F)(F)F)c1. The molecule has 15 heavy (non-hydrogen) atoms. The molecular weight excluding hydrogens is 277 g/mol. The monoisotopic (exact) mass is 284 g/mol. The van der Waals surface area contributed by atoms with Crippen molar-refractivity contribution in [2.45, 2.75) is 13.3 Å². The first-order valence-corrected chi connectivity index (χ1v) is 4.90. The van der Waals surface area contributed by atoms with Crippen LogP contribution in [0.4, 0.5) is 13.2 Å². The number of hydrogen-bond donors (Lipinski definition) is 0. The molecule has 84 valence electrons. The first kappa shape index (κ1) is 12.2. The van der Waals surface area contributed by atoms with E-state index in [4.69, 9.17) is 4.74 Å². The highest BCUT2D eigenvalue weighted by Gasteiger charge is 2.32. The smallest absolute Gasteiger partial charge is 0.494 e. The minimum atomic E-state index is -4.70. The maximum Gasteiger partial charge on any atom is 0.573 e. The molecule has 0 aliphatic heterocycles. The van der Waals surface area contributed by atoms with E-state index in [1.807, 2.05) is 0 Å². The van der Waals surface area contributed by atoms with Crippen LogP contribution in [-0.2, 0) is 0 Å². The van der Waals surface area contributed by atoms with Gasteiger partial charge in [0.2, 0.25) is 0 Å². The lowest BCUT2D eigenvalue weighted by molar-refractivity contribution is -0.274. The molecule has 0 amide bonds. The van der Waals surface area contributed by atoms with Crippen LogP contribution in [0.5, 0.6) is 11.5 Å². The summed E-state index contributed by atoms with van der Waals surface area (Å²) in [6, 6.07) is 4.17. The second kappa shape index (κ2) is 4.74. The molecular formula is C9H8BrF3O2. The quantitative estimate of drug-likeness (QED) is 0.842. The fourth-order valence-corrected chi connectivity index (χ4v) is 1.27. The Morgan fingerprint density at radius 3 is 2.53 bits per heavy atom. The van der Waals surface area contributed by atoms with E-state index in [0.717, 1.165) is 0 Å². The Bertz CT molecular complexity index is 339. The standard InChI is InChI=1S/C9H8BrF3O2/c1-2-14-6-3-4-7(10)8(5-6)15-9(11,12)13/h3-5H,2H2,1H3. The lowest BCUT2D eigenvalue weighted by Gasteiger charge is -2.11. The van der Waals surface area contributed by atoms with E-state index >= 15 is 0 Å². The van der Waals surface area contributed by atoms with Crippen molar-refractivity contribution in [3.63, 3.8) is 0 Å². The lowest BCUT2D eigenvalue weighted by Crippen LogP contribution is -2.17. The zero-order chi connectivity index (χ0) is 11.5. The Labute approximate surface area is 93.1 Å². The Balaban J connectivity index is 2.90. The summed E-state index contributed by atoms with van der Waals surface area (Å²) in [6.07, 6.45) is -4.70. The molecule has 0 atom stereocenters. The number of halogens is 4. The van der Waals surface area contributed by atoms with Crippen molar-refractivity contribution >= 4 is 15.9 Å². The Morgan fingerprint density at radius 1 is 1.33 bits per heavy atom. The van der Waals surface area contributed by atoms with Gasteiger partial charge in [-0.15, -0.1) is 13.2 Å². The summed E-state index contributed by atoms with van der Waals surface area (Å²) in [6.45, 7) is 2.12. The highest BCUT2D eigenvalue weighted by Crippen LogP contribution is 2.33. The van der Waals surface area contributed by atoms with Gasteiger partial charge in [-0.3, -0.25) is 0 Å². The number of rotatable bonds is 3. The molecule has 0 bridgehead atoms. The van der Waals surface area contributed by atoms with E-state index in [-0.39, 0.29) is 10.2 Å². The average molecular weight is 285 g/mol. The van der Waals surface area contributed by atoms with Crippen LogP contribution in [-0.4, -0.2) is 13.0 Å². The molecule has 0 saturated carbocycles. The zero-order valence-electron chi connectivity index (χ0n) is 7.77. The van der Waals surface area contributed by atoms with Crippen LogP contribution in [0.3, 0.4) is 0 Å². The maximum atomic E-state index is 12.0. The highest BCUT2D eigenvalue weighted by molar-refractivity contribution is 9.10. The Hall–Kier alpha value is -0.910. The van der Waals surface area contributed by atoms with Crippen molar-refractivity contribution < 1.29 is 22.6 Å². The lowest BCUT2D eigenvalue weighted by atomic mass is 10.3. The van der Waals surface area contributed by atoms with Crippen LogP contribution in [0.15, 0.2) is 22.7 Å². The summed E-state index contributed by atoms with van der Waals surface area (Å²) >= 11 is 2.95. The van der Waals surface area contributed by atoms with Crippen LogP contribution in [0.25, 0.3) is 0 Å². The fraction of sp³-hybridized carbons (Fsp3) is 0.333. The Kier molecular flexibility index (Phi) is 3.84. The van der Waals surface area contributed by atoms with E-state index in [9.17, 15) is 13.2 Å². The largest absolute Gasteiger partial charge is 0.573 e. The van der Waals surface area contributed by atoms with Gasteiger partial charge in [-0.25, -0.2) is 0 Å². The van der Waals surface area contributed by atoms with Gasteiger partial charge in [0.15, 0.2) is 0 Å². The van der Waals surface area contributed by atoms with Gasteiger partial charge in [0.1, 0.15) is 11.5 Å². The van der Waals surface area contributed by atoms with Crippen molar-refractivity contribution in [2.75, 3.05) is 6.61 Å². The van der Waals surface area contributed by atoms with E-state index in [1.54, 1.807) is 13.0 Å². The molecule has 0 unspecified atom stereocenters. The molecule has 0 aliphatic carbocycles. The van der Waals surface area contributed by atoms with Gasteiger partial charge in [0.25, 0.3) is 0 Å². The first-order valence-electron chi connectivity index (χ1n) is 4.10. The van der Waals surface area contributed by atoms with Gasteiger partial charge >= 0.3 is 6.36 Å². The van der Waals surface area contributed by atoms with Crippen LogP contribution in [0, 0.1) is 0 Å². The molecule has 0 N–H and O–H groups in total. The number of benzene rings is 1. The summed E-state index contributed by atoms with van der Waals surface area (Å²) < 4.78 is 44.9. The number of alkyl halides is 3. The molecule has 6 heteroatoms. The van der Waals surface area contributed by atoms with E-state index < -0.39 is 6.36 Å². The van der Waals surface area contributed by atoms with Gasteiger partial charge in [-0.1, -0.05) is 0 Å². The van der Waals surface area contributed by atoms with Crippen molar-refractivity contribution in [3.8, 4) is 11.5 Å². The predicted molar refractivity (Wildman–Crippen MR) is 52.0 cm³/mol. The summed E-state index contributed by atoms with van der Waals surface area (Å²) in [5.41, 5.74) is 0. The molecule has 0 fully saturated rings. The molecule has 0 spiro atoms. The number of hydrogen-bond acceptors (Lipinski definition) is 2. The molecule has 0 saturated heterocycles. The second-order valence-electron chi connectivity index (χ2n) is 2.57. The van der Waals surface area contributed by atoms with Crippen LogP contribution >= 0.6 is 15.9 Å². The molecule has 1 rings (SSSR count). The van der Waals surface area contributed by atoms with Gasteiger partial charge in [0, 0.05) is 6.07 Å². The zero-order valence-corrected chi connectivity index (χ0v) is 9.35. The van der Waals surface area contributed by atoms with E-state index in [1.165, 1.54) is 12.1 Å².